The van der Waals surface area contributed by atoms with Gasteiger partial charge in [-0.3, -0.25) is 4.98 Å². The van der Waals surface area contributed by atoms with Crippen LogP contribution in [0.2, 0.25) is 0 Å². The Morgan fingerprint density at radius 2 is 2.17 bits per heavy atom. The van der Waals surface area contributed by atoms with Crippen molar-refractivity contribution in [3.63, 3.8) is 0 Å². The zero-order chi connectivity index (χ0) is 12.5. The quantitative estimate of drug-likeness (QED) is 0.878. The predicted octanol–water partition coefficient (Wildman–Crippen LogP) is 2.41. The lowest BCUT2D eigenvalue weighted by Crippen LogP contribution is -2.06. The van der Waals surface area contributed by atoms with Gasteiger partial charge in [-0.05, 0) is 24.1 Å². The summed E-state index contributed by atoms with van der Waals surface area (Å²) in [4.78, 5) is 4.27. The minimum absolute atomic E-state index is 0.695. The van der Waals surface area contributed by atoms with Crippen molar-refractivity contribution in [3.8, 4) is 5.75 Å². The van der Waals surface area contributed by atoms with Gasteiger partial charge in [-0.25, -0.2) is 0 Å². The molecule has 1 aromatic carbocycles. The molecule has 0 bridgehead atoms. The van der Waals surface area contributed by atoms with Crippen molar-refractivity contribution in [1.29, 1.82) is 0 Å². The number of hydrogen-bond donors (Lipinski definition) is 1. The molecule has 1 unspecified atom stereocenters. The molecule has 3 rings (SSSR count). The van der Waals surface area contributed by atoms with Crippen molar-refractivity contribution in [1.82, 2.24) is 4.98 Å². The van der Waals surface area contributed by atoms with Gasteiger partial charge in [0.1, 0.15) is 11.9 Å². The van der Waals surface area contributed by atoms with E-state index in [4.69, 9.17) is 4.74 Å². The van der Waals surface area contributed by atoms with Crippen LogP contribution in [0.25, 0.3) is 0 Å². The number of para-hydroxylation sites is 1. The lowest BCUT2D eigenvalue weighted by Gasteiger charge is -2.15. The van der Waals surface area contributed by atoms with Gasteiger partial charge in [-0.2, -0.15) is 0 Å². The van der Waals surface area contributed by atoms with E-state index in [-0.39, 0.29) is 0 Å². The van der Waals surface area contributed by atoms with E-state index in [1.807, 2.05) is 37.3 Å². The molecule has 2 heterocycles. The molecule has 0 fully saturated rings. The van der Waals surface area contributed by atoms with Crippen LogP contribution in [0.1, 0.15) is 28.5 Å². The van der Waals surface area contributed by atoms with Crippen LogP contribution < -0.4 is 4.74 Å². The average molecular weight is 241 g/mol. The molecule has 2 aromatic rings. The highest BCUT2D eigenvalue weighted by molar-refractivity contribution is 5.47. The summed E-state index contributed by atoms with van der Waals surface area (Å²) in [7, 11) is 0. The first-order chi connectivity index (χ1) is 8.77. The van der Waals surface area contributed by atoms with E-state index in [1.165, 1.54) is 5.56 Å². The van der Waals surface area contributed by atoms with Gasteiger partial charge in [0, 0.05) is 18.2 Å². The third-order valence-electron chi connectivity index (χ3n) is 3.35. The summed E-state index contributed by atoms with van der Waals surface area (Å²) in [5.41, 5.74) is 3.66. The molecule has 92 valence electrons. The molecular weight excluding hydrogens is 226 g/mol. The highest BCUT2D eigenvalue weighted by atomic mass is 16.5. The van der Waals surface area contributed by atoms with E-state index in [1.54, 1.807) is 6.20 Å². The van der Waals surface area contributed by atoms with Crippen molar-refractivity contribution in [2.75, 3.05) is 6.61 Å². The van der Waals surface area contributed by atoms with E-state index < -0.39 is 6.10 Å². The maximum Gasteiger partial charge on any atom is 0.128 e. The second-order valence-electron chi connectivity index (χ2n) is 4.54. The Bertz CT molecular complexity index is 580. The molecule has 0 amide bonds. The molecule has 1 atom stereocenters. The predicted molar refractivity (Wildman–Crippen MR) is 68.7 cm³/mol. The topological polar surface area (TPSA) is 42.4 Å². The number of aryl methyl sites for hydroxylation is 1. The SMILES string of the molecule is Cc1cccnc1C(O)c1cccc2c1OCC2. The van der Waals surface area contributed by atoms with Gasteiger partial charge < -0.3 is 9.84 Å². The molecular formula is C15H15NO2. The van der Waals surface area contributed by atoms with Gasteiger partial charge in [-0.15, -0.1) is 0 Å². The third-order valence-corrected chi connectivity index (χ3v) is 3.35. The van der Waals surface area contributed by atoms with Crippen LogP contribution in [-0.2, 0) is 6.42 Å². The summed E-state index contributed by atoms with van der Waals surface area (Å²) in [6, 6.07) is 9.74. The van der Waals surface area contributed by atoms with Gasteiger partial charge >= 0.3 is 0 Å². The lowest BCUT2D eigenvalue weighted by molar-refractivity contribution is 0.208. The van der Waals surface area contributed by atoms with Crippen LogP contribution in [0, 0.1) is 6.92 Å². The van der Waals surface area contributed by atoms with Crippen LogP contribution in [0.15, 0.2) is 36.5 Å². The number of hydrogen-bond acceptors (Lipinski definition) is 3. The molecule has 1 aromatic heterocycles. The average Bonchev–Trinajstić information content (AvgIpc) is 2.86. The third kappa shape index (κ3) is 1.77. The van der Waals surface area contributed by atoms with E-state index >= 15 is 0 Å². The maximum atomic E-state index is 10.5. The summed E-state index contributed by atoms with van der Waals surface area (Å²) in [6.07, 6.45) is 1.89. The van der Waals surface area contributed by atoms with E-state index in [2.05, 4.69) is 4.98 Å². The molecule has 0 radical (unpaired) electrons. The number of benzene rings is 1. The largest absolute Gasteiger partial charge is 0.493 e. The first-order valence-corrected chi connectivity index (χ1v) is 6.11. The fourth-order valence-corrected chi connectivity index (χ4v) is 2.39. The van der Waals surface area contributed by atoms with Crippen LogP contribution in [-0.4, -0.2) is 16.7 Å². The first kappa shape index (κ1) is 11.2. The molecule has 0 saturated heterocycles. The van der Waals surface area contributed by atoms with Crippen LogP contribution in [0.5, 0.6) is 5.75 Å². The van der Waals surface area contributed by atoms with Gasteiger partial charge in [0.15, 0.2) is 0 Å². The number of nitrogens with zero attached hydrogens (tertiary/aromatic N) is 1. The van der Waals surface area contributed by atoms with Crippen molar-refractivity contribution in [2.45, 2.75) is 19.4 Å². The summed E-state index contributed by atoms with van der Waals surface area (Å²) < 4.78 is 5.62. The lowest BCUT2D eigenvalue weighted by atomic mass is 9.99. The molecule has 1 aliphatic rings. The molecule has 3 heteroatoms. The smallest absolute Gasteiger partial charge is 0.128 e. The molecule has 18 heavy (non-hydrogen) atoms. The number of aliphatic hydroxyl groups is 1. The zero-order valence-electron chi connectivity index (χ0n) is 10.3. The molecule has 0 spiro atoms. The summed E-state index contributed by atoms with van der Waals surface area (Å²) in [6.45, 7) is 2.65. The van der Waals surface area contributed by atoms with Crippen molar-refractivity contribution < 1.29 is 9.84 Å². The Labute approximate surface area is 106 Å². The minimum Gasteiger partial charge on any atom is -0.493 e. The standard InChI is InChI=1S/C15H15NO2/c1-10-4-3-8-16-13(10)14(17)12-6-2-5-11-7-9-18-15(11)12/h2-6,8,14,17H,7,9H2,1H3. The summed E-state index contributed by atoms with van der Waals surface area (Å²) >= 11 is 0. The second kappa shape index (κ2) is 4.42. The Balaban J connectivity index is 2.06. The van der Waals surface area contributed by atoms with Crippen molar-refractivity contribution >= 4 is 0 Å². The van der Waals surface area contributed by atoms with Crippen LogP contribution >= 0.6 is 0 Å². The second-order valence-corrected chi connectivity index (χ2v) is 4.54. The van der Waals surface area contributed by atoms with Gasteiger partial charge in [0.2, 0.25) is 0 Å². The Hall–Kier alpha value is -1.87. The Kier molecular flexibility index (Phi) is 2.76. The fraction of sp³-hybridized carbons (Fsp3) is 0.267. The molecule has 0 aliphatic carbocycles. The monoisotopic (exact) mass is 241 g/mol. The van der Waals surface area contributed by atoms with Gasteiger partial charge in [0.25, 0.3) is 0 Å². The van der Waals surface area contributed by atoms with E-state index in [0.717, 1.165) is 23.3 Å². The summed E-state index contributed by atoms with van der Waals surface area (Å²) in [5.74, 6) is 0.829. The van der Waals surface area contributed by atoms with E-state index in [0.29, 0.717) is 12.3 Å². The highest BCUT2D eigenvalue weighted by Crippen LogP contribution is 2.36. The molecule has 1 aliphatic heterocycles. The summed E-state index contributed by atoms with van der Waals surface area (Å²) in [5, 5.41) is 10.5. The number of rotatable bonds is 2. The van der Waals surface area contributed by atoms with Gasteiger partial charge in [0.05, 0.1) is 12.3 Å². The van der Waals surface area contributed by atoms with Crippen molar-refractivity contribution in [3.05, 3.63) is 58.9 Å². The number of aliphatic hydroxyl groups excluding tert-OH is 1. The maximum absolute atomic E-state index is 10.5. The zero-order valence-corrected chi connectivity index (χ0v) is 10.3. The first-order valence-electron chi connectivity index (χ1n) is 6.11. The number of aromatic nitrogens is 1. The Morgan fingerprint density at radius 3 is 3.00 bits per heavy atom. The molecule has 1 N–H and O–H groups in total. The normalized spacial score (nSPS) is 15.0. The molecule has 3 nitrogen and oxygen atoms in total. The van der Waals surface area contributed by atoms with Crippen LogP contribution in [0.4, 0.5) is 0 Å². The minimum atomic E-state index is -0.723. The highest BCUT2D eigenvalue weighted by Gasteiger charge is 2.23. The molecule has 0 saturated carbocycles. The van der Waals surface area contributed by atoms with Gasteiger partial charge in [-0.1, -0.05) is 24.3 Å². The fourth-order valence-electron chi connectivity index (χ4n) is 2.39. The van der Waals surface area contributed by atoms with E-state index in [9.17, 15) is 5.11 Å². The Morgan fingerprint density at radius 1 is 1.28 bits per heavy atom. The number of pyridine rings is 1. The number of ether oxygens (including phenoxy) is 1. The number of fused-ring (bicyclic) bond motifs is 1. The van der Waals surface area contributed by atoms with Crippen molar-refractivity contribution in [2.24, 2.45) is 0 Å². The van der Waals surface area contributed by atoms with Crippen LogP contribution in [0.3, 0.4) is 0 Å².